The standard InChI is InChI=1S/C12H12O4/c1-3-4-8-5-6-9-10(7-8)16-12(15-9)11(13)14-2/h3,5-7,12H,1,4H2,2H3. The molecule has 0 aliphatic carbocycles. The fourth-order valence-electron chi connectivity index (χ4n) is 1.48. The highest BCUT2D eigenvalue weighted by atomic mass is 16.7. The van der Waals surface area contributed by atoms with Crippen LogP contribution in [-0.2, 0) is 16.0 Å². The first-order valence-corrected chi connectivity index (χ1v) is 4.89. The van der Waals surface area contributed by atoms with Crippen LogP contribution in [0.4, 0.5) is 0 Å². The molecular formula is C12H12O4. The van der Waals surface area contributed by atoms with Crippen molar-refractivity contribution in [3.8, 4) is 11.5 Å². The van der Waals surface area contributed by atoms with Crippen LogP contribution in [0.1, 0.15) is 5.56 Å². The summed E-state index contributed by atoms with van der Waals surface area (Å²) in [4.78, 5) is 11.2. The average molecular weight is 220 g/mol. The summed E-state index contributed by atoms with van der Waals surface area (Å²) in [6.45, 7) is 3.66. The van der Waals surface area contributed by atoms with Gasteiger partial charge in [-0.2, -0.15) is 0 Å². The molecule has 0 spiro atoms. The first kappa shape index (κ1) is 10.5. The van der Waals surface area contributed by atoms with Crippen LogP contribution in [0.3, 0.4) is 0 Å². The first-order valence-electron chi connectivity index (χ1n) is 4.89. The van der Waals surface area contributed by atoms with Crippen LogP contribution in [0.5, 0.6) is 11.5 Å². The average Bonchev–Trinajstić information content (AvgIpc) is 2.71. The van der Waals surface area contributed by atoms with Crippen molar-refractivity contribution < 1.29 is 19.0 Å². The Kier molecular flexibility index (Phi) is 2.81. The van der Waals surface area contributed by atoms with Crippen molar-refractivity contribution in [2.24, 2.45) is 0 Å². The van der Waals surface area contributed by atoms with E-state index in [4.69, 9.17) is 9.47 Å². The zero-order chi connectivity index (χ0) is 11.5. The van der Waals surface area contributed by atoms with Crippen LogP contribution in [0, 0.1) is 0 Å². The summed E-state index contributed by atoms with van der Waals surface area (Å²) >= 11 is 0. The number of methoxy groups -OCH3 is 1. The fourth-order valence-corrected chi connectivity index (χ4v) is 1.48. The molecule has 84 valence electrons. The monoisotopic (exact) mass is 220 g/mol. The number of fused-ring (bicyclic) bond motifs is 1. The van der Waals surface area contributed by atoms with Crippen molar-refractivity contribution in [3.63, 3.8) is 0 Å². The summed E-state index contributed by atoms with van der Waals surface area (Å²) in [7, 11) is 1.29. The van der Waals surface area contributed by atoms with Gasteiger partial charge in [0.2, 0.25) is 0 Å². The summed E-state index contributed by atoms with van der Waals surface area (Å²) in [6.07, 6.45) is 1.56. The molecule has 1 atom stereocenters. The number of carbonyl (C=O) groups is 1. The van der Waals surface area contributed by atoms with Crippen molar-refractivity contribution in [2.45, 2.75) is 12.7 Å². The summed E-state index contributed by atoms with van der Waals surface area (Å²) in [5.74, 6) is 0.583. The Morgan fingerprint density at radius 3 is 2.94 bits per heavy atom. The van der Waals surface area contributed by atoms with Crippen molar-refractivity contribution in [3.05, 3.63) is 36.4 Å². The molecule has 0 fully saturated rings. The Morgan fingerprint density at radius 1 is 1.50 bits per heavy atom. The van der Waals surface area contributed by atoms with Gasteiger partial charge in [0.25, 0.3) is 0 Å². The molecule has 16 heavy (non-hydrogen) atoms. The Morgan fingerprint density at radius 2 is 2.25 bits per heavy atom. The van der Waals surface area contributed by atoms with Crippen molar-refractivity contribution in [1.29, 1.82) is 0 Å². The van der Waals surface area contributed by atoms with E-state index in [1.54, 1.807) is 12.1 Å². The molecule has 1 heterocycles. The van der Waals surface area contributed by atoms with Crippen molar-refractivity contribution in [1.82, 2.24) is 0 Å². The lowest BCUT2D eigenvalue weighted by atomic mass is 10.1. The largest absolute Gasteiger partial charge is 0.463 e. The SMILES string of the molecule is C=CCc1ccc2c(c1)OC(C(=O)OC)O2. The van der Waals surface area contributed by atoms with E-state index >= 15 is 0 Å². The van der Waals surface area contributed by atoms with Crippen LogP contribution in [0.25, 0.3) is 0 Å². The van der Waals surface area contributed by atoms with E-state index in [0.717, 1.165) is 12.0 Å². The lowest BCUT2D eigenvalue weighted by Gasteiger charge is -2.06. The Bertz CT molecular complexity index is 425. The smallest absolute Gasteiger partial charge is 0.389 e. The van der Waals surface area contributed by atoms with E-state index in [1.807, 2.05) is 12.1 Å². The number of esters is 1. The number of hydrogen-bond donors (Lipinski definition) is 0. The molecule has 0 saturated heterocycles. The van der Waals surface area contributed by atoms with Gasteiger partial charge >= 0.3 is 12.3 Å². The lowest BCUT2D eigenvalue weighted by Crippen LogP contribution is -2.30. The summed E-state index contributed by atoms with van der Waals surface area (Å²) in [5.41, 5.74) is 1.06. The normalized spacial score (nSPS) is 16.9. The zero-order valence-electron chi connectivity index (χ0n) is 8.93. The van der Waals surface area contributed by atoms with Gasteiger partial charge in [0.15, 0.2) is 11.5 Å². The number of rotatable bonds is 3. The fraction of sp³-hybridized carbons (Fsp3) is 0.250. The zero-order valence-corrected chi connectivity index (χ0v) is 8.93. The minimum atomic E-state index is -0.987. The van der Waals surface area contributed by atoms with E-state index in [9.17, 15) is 4.79 Å². The summed E-state index contributed by atoms with van der Waals surface area (Å²) in [6, 6.07) is 5.51. The maximum absolute atomic E-state index is 11.2. The molecule has 1 aliphatic rings. The molecule has 4 nitrogen and oxygen atoms in total. The molecule has 0 radical (unpaired) electrons. The number of hydrogen-bond acceptors (Lipinski definition) is 4. The predicted molar refractivity (Wildman–Crippen MR) is 57.4 cm³/mol. The van der Waals surface area contributed by atoms with E-state index in [0.29, 0.717) is 11.5 Å². The molecule has 4 heteroatoms. The van der Waals surface area contributed by atoms with Gasteiger partial charge in [-0.25, -0.2) is 4.79 Å². The van der Waals surface area contributed by atoms with Gasteiger partial charge in [-0.15, -0.1) is 6.58 Å². The quantitative estimate of drug-likeness (QED) is 0.574. The van der Waals surface area contributed by atoms with Gasteiger partial charge in [0.1, 0.15) is 0 Å². The second kappa shape index (κ2) is 4.26. The maximum Gasteiger partial charge on any atom is 0.389 e. The molecule has 0 N–H and O–H groups in total. The highest BCUT2D eigenvalue weighted by molar-refractivity contribution is 5.75. The van der Waals surface area contributed by atoms with E-state index in [-0.39, 0.29) is 0 Å². The molecule has 0 saturated carbocycles. The Balaban J connectivity index is 2.17. The number of carbonyl (C=O) groups excluding carboxylic acids is 1. The van der Waals surface area contributed by atoms with Crippen molar-refractivity contribution >= 4 is 5.97 Å². The predicted octanol–water partition coefficient (Wildman–Crippen LogP) is 1.69. The Hall–Kier alpha value is -1.97. The molecule has 1 aromatic carbocycles. The highest BCUT2D eigenvalue weighted by Crippen LogP contribution is 2.35. The van der Waals surface area contributed by atoms with Gasteiger partial charge in [-0.05, 0) is 24.1 Å². The molecule has 0 bridgehead atoms. The van der Waals surface area contributed by atoms with Gasteiger partial charge in [0, 0.05) is 0 Å². The van der Waals surface area contributed by atoms with Gasteiger partial charge < -0.3 is 14.2 Å². The van der Waals surface area contributed by atoms with E-state index < -0.39 is 12.3 Å². The van der Waals surface area contributed by atoms with Crippen LogP contribution >= 0.6 is 0 Å². The topological polar surface area (TPSA) is 44.8 Å². The molecule has 0 amide bonds. The molecule has 1 unspecified atom stereocenters. The minimum Gasteiger partial charge on any atom is -0.463 e. The third kappa shape index (κ3) is 1.86. The highest BCUT2D eigenvalue weighted by Gasteiger charge is 2.31. The number of ether oxygens (including phenoxy) is 3. The second-order valence-corrected chi connectivity index (χ2v) is 3.36. The molecule has 1 aliphatic heterocycles. The van der Waals surface area contributed by atoms with Crippen LogP contribution < -0.4 is 9.47 Å². The summed E-state index contributed by atoms with van der Waals surface area (Å²) in [5, 5.41) is 0. The maximum atomic E-state index is 11.2. The van der Waals surface area contributed by atoms with E-state index in [1.165, 1.54) is 7.11 Å². The van der Waals surface area contributed by atoms with Gasteiger partial charge in [0.05, 0.1) is 7.11 Å². The first-order chi connectivity index (χ1) is 7.74. The Labute approximate surface area is 93.4 Å². The molecule has 1 aromatic rings. The second-order valence-electron chi connectivity index (χ2n) is 3.36. The van der Waals surface area contributed by atoms with Crippen LogP contribution in [0.2, 0.25) is 0 Å². The number of benzene rings is 1. The van der Waals surface area contributed by atoms with Crippen molar-refractivity contribution in [2.75, 3.05) is 7.11 Å². The van der Waals surface area contributed by atoms with Crippen LogP contribution in [0.15, 0.2) is 30.9 Å². The van der Waals surface area contributed by atoms with Gasteiger partial charge in [-0.1, -0.05) is 12.1 Å². The minimum absolute atomic E-state index is 0.540. The van der Waals surface area contributed by atoms with Gasteiger partial charge in [-0.3, -0.25) is 0 Å². The van der Waals surface area contributed by atoms with Crippen LogP contribution in [-0.4, -0.2) is 19.4 Å². The van der Waals surface area contributed by atoms with E-state index in [2.05, 4.69) is 11.3 Å². The third-order valence-electron chi connectivity index (χ3n) is 2.25. The lowest BCUT2D eigenvalue weighted by molar-refractivity contribution is -0.158. The summed E-state index contributed by atoms with van der Waals surface area (Å²) < 4.78 is 15.1. The third-order valence-corrected chi connectivity index (χ3v) is 2.25. The molecular weight excluding hydrogens is 208 g/mol. The number of allylic oxidation sites excluding steroid dienone is 1. The molecule has 0 aromatic heterocycles. The molecule has 2 rings (SSSR count).